The van der Waals surface area contributed by atoms with Crippen molar-refractivity contribution in [2.45, 2.75) is 51.9 Å². The SMILES string of the molecule is CC(C)C[C@@H](Nc1ncnc(N2CC(C)CC2c2ccc(C(F)(F)F)cc2)c1F)C(N)=O. The van der Waals surface area contributed by atoms with E-state index in [1.54, 1.807) is 4.90 Å². The molecule has 32 heavy (non-hydrogen) atoms. The van der Waals surface area contributed by atoms with Crippen molar-refractivity contribution in [3.05, 3.63) is 47.5 Å². The second kappa shape index (κ2) is 9.30. The number of aromatic nitrogens is 2. The summed E-state index contributed by atoms with van der Waals surface area (Å²) in [6, 6.07) is 3.76. The highest BCUT2D eigenvalue weighted by atomic mass is 19.4. The molecular formula is C22H27F4N5O. The van der Waals surface area contributed by atoms with E-state index in [1.165, 1.54) is 18.5 Å². The van der Waals surface area contributed by atoms with Gasteiger partial charge in [0.05, 0.1) is 11.6 Å². The highest BCUT2D eigenvalue weighted by Gasteiger charge is 2.36. The molecule has 1 aromatic heterocycles. The van der Waals surface area contributed by atoms with E-state index in [0.29, 0.717) is 24.9 Å². The number of carbonyl (C=O) groups is 1. The lowest BCUT2D eigenvalue weighted by atomic mass is 9.99. The minimum atomic E-state index is -4.42. The van der Waals surface area contributed by atoms with Crippen molar-refractivity contribution in [3.63, 3.8) is 0 Å². The van der Waals surface area contributed by atoms with Gasteiger partial charge in [-0.2, -0.15) is 17.6 Å². The largest absolute Gasteiger partial charge is 0.416 e. The van der Waals surface area contributed by atoms with Crippen LogP contribution in [0, 0.1) is 17.7 Å². The molecule has 3 N–H and O–H groups in total. The zero-order valence-electron chi connectivity index (χ0n) is 18.2. The van der Waals surface area contributed by atoms with Crippen molar-refractivity contribution in [2.75, 3.05) is 16.8 Å². The molecule has 0 radical (unpaired) electrons. The zero-order valence-corrected chi connectivity index (χ0v) is 18.2. The average Bonchev–Trinajstić information content (AvgIpc) is 3.09. The van der Waals surface area contributed by atoms with Crippen LogP contribution in [0.25, 0.3) is 0 Å². The third kappa shape index (κ3) is 5.28. The molecule has 1 aliphatic rings. The van der Waals surface area contributed by atoms with Crippen molar-refractivity contribution in [2.24, 2.45) is 17.6 Å². The fourth-order valence-electron chi connectivity index (χ4n) is 4.03. The van der Waals surface area contributed by atoms with E-state index < -0.39 is 29.5 Å². The molecule has 1 aliphatic heterocycles. The smallest absolute Gasteiger partial charge is 0.368 e. The summed E-state index contributed by atoms with van der Waals surface area (Å²) in [6.07, 6.45) is -2.19. The molecule has 1 aromatic carbocycles. The van der Waals surface area contributed by atoms with E-state index in [1.807, 2.05) is 20.8 Å². The van der Waals surface area contributed by atoms with Crippen molar-refractivity contribution in [3.8, 4) is 0 Å². The van der Waals surface area contributed by atoms with Gasteiger partial charge in [0.25, 0.3) is 0 Å². The summed E-state index contributed by atoms with van der Waals surface area (Å²) in [7, 11) is 0. The van der Waals surface area contributed by atoms with Crippen molar-refractivity contribution >= 4 is 17.5 Å². The number of rotatable bonds is 7. The second-order valence-corrected chi connectivity index (χ2v) is 8.72. The Bertz CT molecular complexity index is 948. The predicted molar refractivity (Wildman–Crippen MR) is 113 cm³/mol. The lowest BCUT2D eigenvalue weighted by Crippen LogP contribution is -2.37. The Morgan fingerprint density at radius 1 is 1.25 bits per heavy atom. The fourth-order valence-corrected chi connectivity index (χ4v) is 4.03. The molecule has 0 saturated carbocycles. The van der Waals surface area contributed by atoms with Crippen LogP contribution in [0.15, 0.2) is 30.6 Å². The van der Waals surface area contributed by atoms with Gasteiger partial charge in [-0.05, 0) is 42.4 Å². The molecule has 2 unspecified atom stereocenters. The predicted octanol–water partition coefficient (Wildman–Crippen LogP) is 4.53. The van der Waals surface area contributed by atoms with Crippen LogP contribution < -0.4 is 16.0 Å². The average molecular weight is 453 g/mol. The Kier molecular flexibility index (Phi) is 6.90. The molecule has 3 rings (SSSR count). The van der Waals surface area contributed by atoms with E-state index >= 15 is 4.39 Å². The summed E-state index contributed by atoms with van der Waals surface area (Å²) < 4.78 is 54.2. The number of alkyl halides is 3. The lowest BCUT2D eigenvalue weighted by Gasteiger charge is -2.27. The number of nitrogens with two attached hydrogens (primary N) is 1. The van der Waals surface area contributed by atoms with Crippen LogP contribution in [0.4, 0.5) is 29.2 Å². The summed E-state index contributed by atoms with van der Waals surface area (Å²) in [5.41, 5.74) is 5.35. The van der Waals surface area contributed by atoms with Gasteiger partial charge in [0.15, 0.2) is 11.6 Å². The van der Waals surface area contributed by atoms with Crippen LogP contribution in [0.3, 0.4) is 0 Å². The first-order chi connectivity index (χ1) is 15.0. The number of hydrogen-bond acceptors (Lipinski definition) is 5. The van der Waals surface area contributed by atoms with Crippen LogP contribution in [-0.2, 0) is 11.0 Å². The van der Waals surface area contributed by atoms with Crippen LogP contribution >= 0.6 is 0 Å². The number of nitrogens with one attached hydrogen (secondary N) is 1. The van der Waals surface area contributed by atoms with Gasteiger partial charge in [0.2, 0.25) is 11.7 Å². The third-order valence-corrected chi connectivity index (χ3v) is 5.54. The first-order valence-corrected chi connectivity index (χ1v) is 10.5. The van der Waals surface area contributed by atoms with Crippen molar-refractivity contribution in [1.29, 1.82) is 0 Å². The first-order valence-electron chi connectivity index (χ1n) is 10.5. The Labute approximate surface area is 184 Å². The topological polar surface area (TPSA) is 84.1 Å². The van der Waals surface area contributed by atoms with Gasteiger partial charge < -0.3 is 16.0 Å². The number of halogens is 4. The van der Waals surface area contributed by atoms with E-state index in [-0.39, 0.29) is 29.5 Å². The molecule has 2 aromatic rings. The summed E-state index contributed by atoms with van der Waals surface area (Å²) >= 11 is 0. The van der Waals surface area contributed by atoms with Crippen LogP contribution in [-0.4, -0.2) is 28.5 Å². The number of primary amides is 1. The van der Waals surface area contributed by atoms with E-state index in [0.717, 1.165) is 12.1 Å². The van der Waals surface area contributed by atoms with E-state index in [2.05, 4.69) is 15.3 Å². The molecule has 2 heterocycles. The first kappa shape index (κ1) is 23.7. The Morgan fingerprint density at radius 2 is 1.91 bits per heavy atom. The Morgan fingerprint density at radius 3 is 2.47 bits per heavy atom. The van der Waals surface area contributed by atoms with Gasteiger partial charge in [-0.25, -0.2) is 9.97 Å². The number of anilines is 2. The van der Waals surface area contributed by atoms with Gasteiger partial charge in [0, 0.05) is 6.54 Å². The van der Waals surface area contributed by atoms with E-state index in [4.69, 9.17) is 5.73 Å². The normalized spacial score (nSPS) is 19.9. The lowest BCUT2D eigenvalue weighted by molar-refractivity contribution is -0.137. The van der Waals surface area contributed by atoms with Gasteiger partial charge >= 0.3 is 6.18 Å². The number of amides is 1. The molecule has 0 aliphatic carbocycles. The Balaban J connectivity index is 1.90. The van der Waals surface area contributed by atoms with Gasteiger partial charge in [0.1, 0.15) is 12.4 Å². The molecule has 1 fully saturated rings. The molecule has 6 nitrogen and oxygen atoms in total. The van der Waals surface area contributed by atoms with Crippen molar-refractivity contribution in [1.82, 2.24) is 9.97 Å². The van der Waals surface area contributed by atoms with Crippen molar-refractivity contribution < 1.29 is 22.4 Å². The summed E-state index contributed by atoms with van der Waals surface area (Å²) in [6.45, 7) is 6.30. The van der Waals surface area contributed by atoms with Gasteiger partial charge in [-0.15, -0.1) is 0 Å². The van der Waals surface area contributed by atoms with Crippen LogP contribution in [0.1, 0.15) is 50.8 Å². The number of benzene rings is 1. The highest BCUT2D eigenvalue weighted by molar-refractivity contribution is 5.82. The molecule has 1 amide bonds. The summed E-state index contributed by atoms with van der Waals surface area (Å²) in [5.74, 6) is -1.13. The summed E-state index contributed by atoms with van der Waals surface area (Å²) in [4.78, 5) is 21.5. The standard InChI is InChI=1S/C22H27F4N5O/c1-12(2)8-16(19(27)32)30-20-18(23)21(29-11-28-20)31-10-13(3)9-17(31)14-4-6-15(7-5-14)22(24,25)26/h4-7,11-13,16-17H,8-10H2,1-3H3,(H2,27,32)(H,28,29,30)/t13?,16-,17?/m1/s1. The maximum atomic E-state index is 15.4. The fraction of sp³-hybridized carbons (Fsp3) is 0.500. The third-order valence-electron chi connectivity index (χ3n) is 5.54. The number of nitrogens with zero attached hydrogens (tertiary/aromatic N) is 3. The number of carbonyl (C=O) groups excluding carboxylic acids is 1. The molecular weight excluding hydrogens is 426 g/mol. The van der Waals surface area contributed by atoms with Gasteiger partial charge in [-0.1, -0.05) is 32.9 Å². The second-order valence-electron chi connectivity index (χ2n) is 8.72. The maximum absolute atomic E-state index is 15.4. The van der Waals surface area contributed by atoms with Gasteiger partial charge in [-0.3, -0.25) is 4.79 Å². The van der Waals surface area contributed by atoms with Crippen LogP contribution in [0.5, 0.6) is 0 Å². The minimum Gasteiger partial charge on any atom is -0.368 e. The highest BCUT2D eigenvalue weighted by Crippen LogP contribution is 2.40. The van der Waals surface area contributed by atoms with Crippen LogP contribution in [0.2, 0.25) is 0 Å². The molecule has 174 valence electrons. The molecule has 10 heteroatoms. The Hall–Kier alpha value is -2.91. The summed E-state index contributed by atoms with van der Waals surface area (Å²) in [5, 5.41) is 2.78. The molecule has 0 spiro atoms. The molecule has 3 atom stereocenters. The maximum Gasteiger partial charge on any atom is 0.416 e. The zero-order chi connectivity index (χ0) is 23.6. The number of hydrogen-bond donors (Lipinski definition) is 2. The quantitative estimate of drug-likeness (QED) is 0.602. The molecule has 0 bridgehead atoms. The minimum absolute atomic E-state index is 0.0320. The van der Waals surface area contributed by atoms with E-state index in [9.17, 15) is 18.0 Å². The molecule has 1 saturated heterocycles. The monoisotopic (exact) mass is 453 g/mol.